The zero-order valence-electron chi connectivity index (χ0n) is 10.2. The van der Waals surface area contributed by atoms with Gasteiger partial charge in [-0.05, 0) is 24.3 Å². The largest absolute Gasteiger partial charge is 0.497 e. The first-order chi connectivity index (χ1) is 8.33. The lowest BCUT2D eigenvalue weighted by molar-refractivity contribution is 0.288. The molecule has 0 radical (unpaired) electrons. The van der Waals surface area contributed by atoms with Gasteiger partial charge in [0.05, 0.1) is 13.7 Å². The molecule has 1 heterocycles. The van der Waals surface area contributed by atoms with Crippen LogP contribution in [0.15, 0.2) is 24.3 Å². The Hall–Kier alpha value is -1.66. The molecule has 0 aromatic heterocycles. The van der Waals surface area contributed by atoms with Crippen molar-refractivity contribution >= 4 is 5.69 Å². The zero-order chi connectivity index (χ0) is 12.1. The molecule has 17 heavy (non-hydrogen) atoms. The van der Waals surface area contributed by atoms with Crippen LogP contribution in [0, 0.1) is 12.3 Å². The quantitative estimate of drug-likeness (QED) is 0.731. The monoisotopic (exact) mass is 230 g/mol. The number of hydrogen-bond acceptors (Lipinski definition) is 3. The third-order valence-corrected chi connectivity index (χ3v) is 3.12. The van der Waals surface area contributed by atoms with Crippen molar-refractivity contribution in [2.24, 2.45) is 0 Å². The first-order valence-corrected chi connectivity index (χ1v) is 5.88. The van der Waals surface area contributed by atoms with Gasteiger partial charge in [-0.25, -0.2) is 0 Å². The summed E-state index contributed by atoms with van der Waals surface area (Å²) in [4.78, 5) is 4.69. The average molecular weight is 230 g/mol. The Morgan fingerprint density at radius 3 is 2.35 bits per heavy atom. The fourth-order valence-corrected chi connectivity index (χ4v) is 2.09. The fourth-order valence-electron chi connectivity index (χ4n) is 2.09. The van der Waals surface area contributed by atoms with Crippen LogP contribution in [-0.4, -0.2) is 44.7 Å². The van der Waals surface area contributed by atoms with Gasteiger partial charge in [0.25, 0.3) is 0 Å². The molecule has 1 fully saturated rings. The van der Waals surface area contributed by atoms with Crippen molar-refractivity contribution in [2.75, 3.05) is 44.7 Å². The minimum Gasteiger partial charge on any atom is -0.497 e. The van der Waals surface area contributed by atoms with Gasteiger partial charge in [-0.1, -0.05) is 5.92 Å². The van der Waals surface area contributed by atoms with Gasteiger partial charge in [0.1, 0.15) is 5.75 Å². The van der Waals surface area contributed by atoms with E-state index >= 15 is 0 Å². The van der Waals surface area contributed by atoms with Crippen LogP contribution in [0.2, 0.25) is 0 Å². The van der Waals surface area contributed by atoms with Crippen LogP contribution in [0.3, 0.4) is 0 Å². The molecule has 1 aliphatic rings. The van der Waals surface area contributed by atoms with Gasteiger partial charge in [0.15, 0.2) is 0 Å². The van der Waals surface area contributed by atoms with Gasteiger partial charge in [-0.3, -0.25) is 4.90 Å². The van der Waals surface area contributed by atoms with E-state index in [1.54, 1.807) is 7.11 Å². The predicted molar refractivity (Wildman–Crippen MR) is 70.5 cm³/mol. The van der Waals surface area contributed by atoms with Gasteiger partial charge in [0.2, 0.25) is 0 Å². The van der Waals surface area contributed by atoms with E-state index in [4.69, 9.17) is 11.2 Å². The number of anilines is 1. The molecule has 0 spiro atoms. The van der Waals surface area contributed by atoms with E-state index in [9.17, 15) is 0 Å². The van der Waals surface area contributed by atoms with E-state index in [2.05, 4.69) is 27.9 Å². The van der Waals surface area contributed by atoms with E-state index in [0.29, 0.717) is 0 Å². The number of methoxy groups -OCH3 is 1. The van der Waals surface area contributed by atoms with Crippen molar-refractivity contribution in [3.05, 3.63) is 24.3 Å². The Morgan fingerprint density at radius 2 is 1.82 bits per heavy atom. The number of piperazine rings is 1. The van der Waals surface area contributed by atoms with Crippen molar-refractivity contribution in [3.8, 4) is 18.1 Å². The van der Waals surface area contributed by atoms with Crippen molar-refractivity contribution in [1.29, 1.82) is 0 Å². The molecule has 0 unspecified atom stereocenters. The highest BCUT2D eigenvalue weighted by Gasteiger charge is 2.15. The molecule has 2 rings (SSSR count). The maximum Gasteiger partial charge on any atom is 0.119 e. The number of ether oxygens (including phenoxy) is 1. The topological polar surface area (TPSA) is 15.7 Å². The standard InChI is InChI=1S/C14H18N2O/c1-3-8-15-9-11-16(12-10-15)13-4-6-14(17-2)7-5-13/h1,4-7H,8-12H2,2H3. The first kappa shape index (κ1) is 11.8. The second-order valence-corrected chi connectivity index (χ2v) is 4.17. The normalized spacial score (nSPS) is 16.6. The molecule has 3 heteroatoms. The molecule has 0 N–H and O–H groups in total. The molecule has 0 amide bonds. The predicted octanol–water partition coefficient (Wildman–Crippen LogP) is 1.45. The third kappa shape index (κ3) is 2.92. The highest BCUT2D eigenvalue weighted by Crippen LogP contribution is 2.20. The molecule has 0 saturated carbocycles. The molecule has 1 aliphatic heterocycles. The van der Waals surface area contributed by atoms with Gasteiger partial charge in [-0.15, -0.1) is 6.42 Å². The van der Waals surface area contributed by atoms with Gasteiger partial charge < -0.3 is 9.64 Å². The minimum absolute atomic E-state index is 0.760. The zero-order valence-corrected chi connectivity index (χ0v) is 10.2. The number of nitrogens with zero attached hydrogens (tertiary/aromatic N) is 2. The lowest BCUT2D eigenvalue weighted by Crippen LogP contribution is -2.46. The highest BCUT2D eigenvalue weighted by molar-refractivity contribution is 5.49. The van der Waals surface area contributed by atoms with Crippen LogP contribution >= 0.6 is 0 Å². The van der Waals surface area contributed by atoms with E-state index in [0.717, 1.165) is 38.5 Å². The molecule has 3 nitrogen and oxygen atoms in total. The number of hydrogen-bond donors (Lipinski definition) is 0. The highest BCUT2D eigenvalue weighted by atomic mass is 16.5. The number of rotatable bonds is 3. The number of benzene rings is 1. The van der Waals surface area contributed by atoms with Gasteiger partial charge >= 0.3 is 0 Å². The van der Waals surface area contributed by atoms with Crippen molar-refractivity contribution < 1.29 is 4.74 Å². The molecule has 90 valence electrons. The lowest BCUT2D eigenvalue weighted by Gasteiger charge is -2.35. The SMILES string of the molecule is C#CCN1CCN(c2ccc(OC)cc2)CC1. The van der Waals surface area contributed by atoms with Crippen LogP contribution < -0.4 is 9.64 Å². The summed E-state index contributed by atoms with van der Waals surface area (Å²) in [5.74, 6) is 3.60. The maximum absolute atomic E-state index is 5.32. The van der Waals surface area contributed by atoms with E-state index in [-0.39, 0.29) is 0 Å². The Labute approximate surface area is 103 Å². The maximum atomic E-state index is 5.32. The second-order valence-electron chi connectivity index (χ2n) is 4.17. The molecule has 1 aromatic carbocycles. The summed E-state index contributed by atoms with van der Waals surface area (Å²) >= 11 is 0. The molecule has 0 bridgehead atoms. The van der Waals surface area contributed by atoms with Gasteiger partial charge in [0, 0.05) is 31.9 Å². The van der Waals surface area contributed by atoms with E-state index in [1.807, 2.05) is 12.1 Å². The second kappa shape index (κ2) is 5.60. The molecule has 0 atom stereocenters. The van der Waals surface area contributed by atoms with E-state index in [1.165, 1.54) is 5.69 Å². The third-order valence-electron chi connectivity index (χ3n) is 3.12. The van der Waals surface area contributed by atoms with Crippen molar-refractivity contribution in [1.82, 2.24) is 4.90 Å². The molecular weight excluding hydrogens is 212 g/mol. The fraction of sp³-hybridized carbons (Fsp3) is 0.429. The Morgan fingerprint density at radius 1 is 1.18 bits per heavy atom. The first-order valence-electron chi connectivity index (χ1n) is 5.88. The van der Waals surface area contributed by atoms with Crippen molar-refractivity contribution in [2.45, 2.75) is 0 Å². The summed E-state index contributed by atoms with van der Waals surface area (Å²) in [5, 5.41) is 0. The van der Waals surface area contributed by atoms with E-state index < -0.39 is 0 Å². The summed E-state index contributed by atoms with van der Waals surface area (Å²) in [7, 11) is 1.69. The van der Waals surface area contributed by atoms with Crippen LogP contribution in [-0.2, 0) is 0 Å². The van der Waals surface area contributed by atoms with Crippen LogP contribution in [0.25, 0.3) is 0 Å². The Balaban J connectivity index is 1.93. The van der Waals surface area contributed by atoms with Crippen LogP contribution in [0.4, 0.5) is 5.69 Å². The van der Waals surface area contributed by atoms with Gasteiger partial charge in [-0.2, -0.15) is 0 Å². The summed E-state index contributed by atoms with van der Waals surface area (Å²) in [5.41, 5.74) is 1.26. The summed E-state index contributed by atoms with van der Waals surface area (Å²) in [6, 6.07) is 8.22. The summed E-state index contributed by atoms with van der Waals surface area (Å²) in [6.07, 6.45) is 5.32. The minimum atomic E-state index is 0.760. The Bertz CT molecular complexity index is 386. The number of terminal acetylenes is 1. The smallest absolute Gasteiger partial charge is 0.119 e. The summed E-state index contributed by atoms with van der Waals surface area (Å²) in [6.45, 7) is 4.91. The molecule has 1 saturated heterocycles. The molecule has 1 aromatic rings. The molecular formula is C14H18N2O. The average Bonchev–Trinajstić information content (AvgIpc) is 2.40. The van der Waals surface area contributed by atoms with Crippen LogP contribution in [0.5, 0.6) is 5.75 Å². The summed E-state index contributed by atoms with van der Waals surface area (Å²) < 4.78 is 5.16. The van der Waals surface area contributed by atoms with Crippen molar-refractivity contribution in [3.63, 3.8) is 0 Å². The molecule has 0 aliphatic carbocycles. The lowest BCUT2D eigenvalue weighted by atomic mass is 10.2. The van der Waals surface area contributed by atoms with Crippen LogP contribution in [0.1, 0.15) is 0 Å². The Kier molecular flexibility index (Phi) is 3.89.